The van der Waals surface area contributed by atoms with E-state index in [1.807, 2.05) is 66.4 Å². The number of hydrogen-bond acceptors (Lipinski definition) is 2. The quantitative estimate of drug-likeness (QED) is 0.906. The lowest BCUT2D eigenvalue weighted by atomic mass is 9.92. The van der Waals surface area contributed by atoms with Crippen LogP contribution in [-0.4, -0.2) is 38.1 Å². The van der Waals surface area contributed by atoms with Crippen LogP contribution in [-0.2, 0) is 6.42 Å². The van der Waals surface area contributed by atoms with Crippen molar-refractivity contribution in [2.45, 2.75) is 6.42 Å². The SMILES string of the molecule is CN(C)c1ccccc1NC(=O)N1CC(Cc2ccccc2Cl)C1. The van der Waals surface area contributed by atoms with Gasteiger partial charge in [0.05, 0.1) is 11.4 Å². The van der Waals surface area contributed by atoms with Gasteiger partial charge in [-0.15, -0.1) is 0 Å². The van der Waals surface area contributed by atoms with Gasteiger partial charge in [-0.25, -0.2) is 4.79 Å². The lowest BCUT2D eigenvalue weighted by Crippen LogP contribution is -2.52. The molecule has 126 valence electrons. The van der Waals surface area contributed by atoms with Crippen molar-refractivity contribution in [2.75, 3.05) is 37.4 Å². The number of halogens is 1. The summed E-state index contributed by atoms with van der Waals surface area (Å²) in [5.74, 6) is 0.472. The Bertz CT molecular complexity index is 726. The van der Waals surface area contributed by atoms with Gasteiger partial charge < -0.3 is 15.1 Å². The highest BCUT2D eigenvalue weighted by Gasteiger charge is 2.31. The summed E-state index contributed by atoms with van der Waals surface area (Å²) >= 11 is 6.21. The molecule has 0 radical (unpaired) electrons. The smallest absolute Gasteiger partial charge is 0.321 e. The third-order valence-corrected chi connectivity index (χ3v) is 4.71. The van der Waals surface area contributed by atoms with E-state index in [-0.39, 0.29) is 6.03 Å². The second-order valence-corrected chi connectivity index (χ2v) is 6.82. The maximum atomic E-state index is 12.4. The molecule has 0 spiro atoms. The molecule has 0 aliphatic carbocycles. The van der Waals surface area contributed by atoms with Gasteiger partial charge in [0, 0.05) is 32.2 Å². The summed E-state index contributed by atoms with van der Waals surface area (Å²) in [6, 6.07) is 15.7. The lowest BCUT2D eigenvalue weighted by Gasteiger charge is -2.39. The average Bonchev–Trinajstić information content (AvgIpc) is 2.52. The molecule has 1 aliphatic rings. The maximum Gasteiger partial charge on any atom is 0.321 e. The molecule has 0 atom stereocenters. The number of urea groups is 1. The summed E-state index contributed by atoms with van der Waals surface area (Å²) in [7, 11) is 3.93. The summed E-state index contributed by atoms with van der Waals surface area (Å²) in [5, 5.41) is 3.81. The summed E-state index contributed by atoms with van der Waals surface area (Å²) < 4.78 is 0. The lowest BCUT2D eigenvalue weighted by molar-refractivity contribution is 0.131. The minimum absolute atomic E-state index is 0.0419. The molecule has 0 unspecified atom stereocenters. The number of anilines is 2. The first-order valence-corrected chi connectivity index (χ1v) is 8.48. The van der Waals surface area contributed by atoms with E-state index in [2.05, 4.69) is 11.4 Å². The van der Waals surface area contributed by atoms with Crippen LogP contribution >= 0.6 is 11.6 Å². The zero-order chi connectivity index (χ0) is 17.1. The van der Waals surface area contributed by atoms with E-state index in [1.54, 1.807) is 0 Å². The molecule has 2 aromatic rings. The highest BCUT2D eigenvalue weighted by molar-refractivity contribution is 6.31. The van der Waals surface area contributed by atoms with Crippen LogP contribution in [0.5, 0.6) is 0 Å². The number of para-hydroxylation sites is 2. The van der Waals surface area contributed by atoms with E-state index in [1.165, 1.54) is 0 Å². The third kappa shape index (κ3) is 3.65. The molecule has 1 saturated heterocycles. The standard InChI is InChI=1S/C19H22ClN3O/c1-22(2)18-10-6-5-9-17(18)21-19(24)23-12-14(13-23)11-15-7-3-4-8-16(15)20/h3-10,14H,11-13H2,1-2H3,(H,21,24). The van der Waals surface area contributed by atoms with E-state index in [0.717, 1.165) is 41.5 Å². The average molecular weight is 344 g/mol. The number of rotatable bonds is 4. The number of hydrogen-bond donors (Lipinski definition) is 1. The highest BCUT2D eigenvalue weighted by atomic mass is 35.5. The summed E-state index contributed by atoms with van der Waals surface area (Å²) in [4.78, 5) is 16.2. The van der Waals surface area contributed by atoms with Gasteiger partial charge in [-0.05, 0) is 36.1 Å². The summed E-state index contributed by atoms with van der Waals surface area (Å²) in [5.41, 5.74) is 2.99. The van der Waals surface area contributed by atoms with Crippen molar-refractivity contribution < 1.29 is 4.79 Å². The van der Waals surface area contributed by atoms with Crippen LogP contribution in [0.2, 0.25) is 5.02 Å². The summed E-state index contributed by atoms with van der Waals surface area (Å²) in [6.07, 6.45) is 0.914. The van der Waals surface area contributed by atoms with E-state index < -0.39 is 0 Å². The first-order valence-electron chi connectivity index (χ1n) is 8.10. The fraction of sp³-hybridized carbons (Fsp3) is 0.316. The molecule has 3 rings (SSSR count). The van der Waals surface area contributed by atoms with Gasteiger partial charge in [0.25, 0.3) is 0 Å². The zero-order valence-corrected chi connectivity index (χ0v) is 14.8. The molecule has 2 aromatic carbocycles. The molecule has 2 amide bonds. The minimum Gasteiger partial charge on any atom is -0.376 e. The number of carbonyl (C=O) groups excluding carboxylic acids is 1. The largest absolute Gasteiger partial charge is 0.376 e. The fourth-order valence-corrected chi connectivity index (χ4v) is 3.22. The molecular weight excluding hydrogens is 322 g/mol. The number of nitrogens with one attached hydrogen (secondary N) is 1. The van der Waals surface area contributed by atoms with Gasteiger partial charge in [-0.3, -0.25) is 0 Å². The van der Waals surface area contributed by atoms with Crippen LogP contribution in [0.3, 0.4) is 0 Å². The monoisotopic (exact) mass is 343 g/mol. The van der Waals surface area contributed by atoms with Gasteiger partial charge >= 0.3 is 6.03 Å². The molecule has 1 heterocycles. The van der Waals surface area contributed by atoms with Crippen LogP contribution in [0.15, 0.2) is 48.5 Å². The van der Waals surface area contributed by atoms with E-state index >= 15 is 0 Å². The predicted octanol–water partition coefficient (Wildman–Crippen LogP) is 4.11. The number of benzene rings is 2. The van der Waals surface area contributed by atoms with E-state index in [0.29, 0.717) is 5.92 Å². The van der Waals surface area contributed by atoms with Crippen molar-refractivity contribution in [1.29, 1.82) is 0 Å². The van der Waals surface area contributed by atoms with Crippen molar-refractivity contribution in [3.8, 4) is 0 Å². The van der Waals surface area contributed by atoms with Crippen LogP contribution in [0.25, 0.3) is 0 Å². The Labute approximate surface area is 148 Å². The Kier molecular flexibility index (Phi) is 4.95. The molecule has 1 N–H and O–H groups in total. The Morgan fingerprint density at radius 2 is 1.83 bits per heavy atom. The van der Waals surface area contributed by atoms with Crippen molar-refractivity contribution in [1.82, 2.24) is 4.90 Å². The van der Waals surface area contributed by atoms with Crippen LogP contribution in [0.4, 0.5) is 16.2 Å². The minimum atomic E-state index is -0.0419. The number of amides is 2. The predicted molar refractivity (Wildman–Crippen MR) is 100 cm³/mol. The molecular formula is C19H22ClN3O. The van der Waals surface area contributed by atoms with Crippen molar-refractivity contribution in [3.05, 3.63) is 59.1 Å². The number of likely N-dealkylation sites (tertiary alicyclic amines) is 1. The maximum absolute atomic E-state index is 12.4. The second kappa shape index (κ2) is 7.14. The number of carbonyl (C=O) groups is 1. The zero-order valence-electron chi connectivity index (χ0n) is 14.0. The molecule has 1 aliphatic heterocycles. The molecule has 24 heavy (non-hydrogen) atoms. The van der Waals surface area contributed by atoms with Crippen LogP contribution in [0, 0.1) is 5.92 Å². The second-order valence-electron chi connectivity index (χ2n) is 6.41. The first-order chi connectivity index (χ1) is 11.5. The Balaban J connectivity index is 1.55. The van der Waals surface area contributed by atoms with E-state index in [4.69, 9.17) is 11.6 Å². The van der Waals surface area contributed by atoms with Gasteiger partial charge in [-0.1, -0.05) is 41.9 Å². The molecule has 0 bridgehead atoms. The normalized spacial score (nSPS) is 14.2. The van der Waals surface area contributed by atoms with Gasteiger partial charge in [-0.2, -0.15) is 0 Å². The van der Waals surface area contributed by atoms with E-state index in [9.17, 15) is 4.79 Å². The molecule has 0 saturated carbocycles. The third-order valence-electron chi connectivity index (χ3n) is 4.34. The Morgan fingerprint density at radius 3 is 2.54 bits per heavy atom. The van der Waals surface area contributed by atoms with Crippen molar-refractivity contribution in [3.63, 3.8) is 0 Å². The van der Waals surface area contributed by atoms with Crippen molar-refractivity contribution in [2.24, 2.45) is 5.92 Å². The Hall–Kier alpha value is -2.20. The molecule has 1 fully saturated rings. The topological polar surface area (TPSA) is 35.6 Å². The highest BCUT2D eigenvalue weighted by Crippen LogP contribution is 2.27. The summed E-state index contributed by atoms with van der Waals surface area (Å²) in [6.45, 7) is 1.53. The van der Waals surface area contributed by atoms with Crippen LogP contribution in [0.1, 0.15) is 5.56 Å². The first kappa shape index (κ1) is 16.7. The molecule has 0 aromatic heterocycles. The molecule has 5 heteroatoms. The van der Waals surface area contributed by atoms with Crippen LogP contribution < -0.4 is 10.2 Å². The van der Waals surface area contributed by atoms with Crippen molar-refractivity contribution >= 4 is 29.0 Å². The number of nitrogens with zero attached hydrogens (tertiary/aromatic N) is 2. The molecule has 4 nitrogen and oxygen atoms in total. The fourth-order valence-electron chi connectivity index (χ4n) is 3.00. The Morgan fingerprint density at radius 1 is 1.17 bits per heavy atom. The van der Waals surface area contributed by atoms with Gasteiger partial charge in [0.1, 0.15) is 0 Å². The van der Waals surface area contributed by atoms with Gasteiger partial charge in [0.2, 0.25) is 0 Å². The van der Waals surface area contributed by atoms with Gasteiger partial charge in [0.15, 0.2) is 0 Å².